The summed E-state index contributed by atoms with van der Waals surface area (Å²) in [6, 6.07) is 10.0. The van der Waals surface area contributed by atoms with E-state index in [0.717, 1.165) is 21.7 Å². The highest BCUT2D eigenvalue weighted by atomic mass is 35.5. The van der Waals surface area contributed by atoms with Crippen LogP contribution in [-0.4, -0.2) is 27.1 Å². The molecule has 0 aromatic heterocycles. The third-order valence-electron chi connectivity index (χ3n) is 3.52. The second-order valence-corrected chi connectivity index (χ2v) is 8.48. The second-order valence-electron chi connectivity index (χ2n) is 5.73. The van der Waals surface area contributed by atoms with Gasteiger partial charge in [-0.2, -0.15) is 0 Å². The molecule has 0 heterocycles. The number of carbonyl (C=O) groups is 1. The Kier molecular flexibility index (Phi) is 5.98. The first-order valence-electron chi connectivity index (χ1n) is 7.38. The Morgan fingerprint density at radius 1 is 1.12 bits per heavy atom. The molecule has 1 N–H and O–H groups in total. The van der Waals surface area contributed by atoms with Gasteiger partial charge in [0.2, 0.25) is 15.9 Å². The first-order valence-corrected chi connectivity index (χ1v) is 9.98. The maximum atomic E-state index is 12.4. The topological polar surface area (TPSA) is 66.5 Å². The van der Waals surface area contributed by atoms with Crippen molar-refractivity contribution in [2.24, 2.45) is 0 Å². The van der Waals surface area contributed by atoms with E-state index < -0.39 is 22.5 Å². The molecule has 0 unspecified atom stereocenters. The highest BCUT2D eigenvalue weighted by molar-refractivity contribution is 7.92. The highest BCUT2D eigenvalue weighted by Crippen LogP contribution is 2.30. The minimum absolute atomic E-state index is 0.160. The number of hydrogen-bond acceptors (Lipinski definition) is 3. The van der Waals surface area contributed by atoms with Crippen LogP contribution in [0.4, 0.5) is 11.4 Å². The van der Waals surface area contributed by atoms with E-state index in [-0.39, 0.29) is 10.7 Å². The summed E-state index contributed by atoms with van der Waals surface area (Å²) >= 11 is 12.0. The fourth-order valence-electron chi connectivity index (χ4n) is 2.33. The van der Waals surface area contributed by atoms with Crippen molar-refractivity contribution >= 4 is 50.5 Å². The standard InChI is InChI=1S/C17H18Cl2N2O3S/c1-11-4-7-15(12(2)8-11)20-17(22)10-21(25(3,23)24)16-9-13(18)5-6-14(16)19/h4-9H,10H2,1-3H3,(H,20,22). The van der Waals surface area contributed by atoms with Gasteiger partial charge < -0.3 is 5.32 Å². The van der Waals surface area contributed by atoms with Crippen LogP contribution >= 0.6 is 23.2 Å². The van der Waals surface area contributed by atoms with Crippen LogP contribution in [0.3, 0.4) is 0 Å². The summed E-state index contributed by atoms with van der Waals surface area (Å²) in [5.41, 5.74) is 2.74. The molecule has 0 spiro atoms. The van der Waals surface area contributed by atoms with Gasteiger partial charge in [0.05, 0.1) is 17.0 Å². The molecule has 2 aromatic carbocycles. The van der Waals surface area contributed by atoms with Gasteiger partial charge >= 0.3 is 0 Å². The van der Waals surface area contributed by atoms with Gasteiger partial charge in [-0.1, -0.05) is 40.9 Å². The molecule has 0 fully saturated rings. The number of nitrogens with zero attached hydrogens (tertiary/aromatic N) is 1. The third-order valence-corrected chi connectivity index (χ3v) is 5.20. The monoisotopic (exact) mass is 400 g/mol. The molecule has 0 aliphatic heterocycles. The maximum absolute atomic E-state index is 12.4. The molecule has 25 heavy (non-hydrogen) atoms. The number of halogens is 2. The lowest BCUT2D eigenvalue weighted by molar-refractivity contribution is -0.114. The first-order chi connectivity index (χ1) is 11.6. The Bertz CT molecular complexity index is 914. The van der Waals surface area contributed by atoms with Crippen LogP contribution in [0.2, 0.25) is 10.0 Å². The fraction of sp³-hybridized carbons (Fsp3) is 0.235. The van der Waals surface area contributed by atoms with Gasteiger partial charge in [0, 0.05) is 10.7 Å². The first kappa shape index (κ1) is 19.6. The summed E-state index contributed by atoms with van der Waals surface area (Å²) < 4.78 is 25.2. The molecule has 134 valence electrons. The average molecular weight is 401 g/mol. The Hall–Kier alpha value is -1.76. The number of benzene rings is 2. The molecule has 0 saturated carbocycles. The SMILES string of the molecule is Cc1ccc(NC(=O)CN(c2cc(Cl)ccc2Cl)S(C)(=O)=O)c(C)c1. The quantitative estimate of drug-likeness (QED) is 0.823. The molecular formula is C17H18Cl2N2O3S. The molecule has 0 aliphatic rings. The number of hydrogen-bond donors (Lipinski definition) is 1. The van der Waals surface area contributed by atoms with Crippen LogP contribution in [0.1, 0.15) is 11.1 Å². The van der Waals surface area contributed by atoms with Crippen molar-refractivity contribution in [3.8, 4) is 0 Å². The number of aryl methyl sites for hydroxylation is 2. The highest BCUT2D eigenvalue weighted by Gasteiger charge is 2.23. The average Bonchev–Trinajstić information content (AvgIpc) is 2.49. The summed E-state index contributed by atoms with van der Waals surface area (Å²) in [5.74, 6) is -0.478. The molecule has 0 aliphatic carbocycles. The van der Waals surface area contributed by atoms with Gasteiger partial charge in [-0.25, -0.2) is 8.42 Å². The molecule has 0 saturated heterocycles. The van der Waals surface area contributed by atoms with Crippen LogP contribution in [0.5, 0.6) is 0 Å². The van der Waals surface area contributed by atoms with E-state index in [1.807, 2.05) is 26.0 Å². The van der Waals surface area contributed by atoms with Crippen molar-refractivity contribution in [2.75, 3.05) is 22.4 Å². The number of rotatable bonds is 5. The zero-order chi connectivity index (χ0) is 18.8. The predicted molar refractivity (Wildman–Crippen MR) is 103 cm³/mol. The van der Waals surface area contributed by atoms with E-state index in [9.17, 15) is 13.2 Å². The summed E-state index contributed by atoms with van der Waals surface area (Å²) in [6.07, 6.45) is 1.01. The Morgan fingerprint density at radius 3 is 2.40 bits per heavy atom. The van der Waals surface area contributed by atoms with Gasteiger partial charge in [0.15, 0.2) is 0 Å². The molecule has 5 nitrogen and oxygen atoms in total. The molecule has 0 bridgehead atoms. The van der Waals surface area contributed by atoms with Crippen LogP contribution < -0.4 is 9.62 Å². The fourth-order valence-corrected chi connectivity index (χ4v) is 3.63. The summed E-state index contributed by atoms with van der Waals surface area (Å²) in [4.78, 5) is 12.4. The number of amides is 1. The van der Waals surface area contributed by atoms with Crippen LogP contribution in [0.15, 0.2) is 36.4 Å². The largest absolute Gasteiger partial charge is 0.324 e. The smallest absolute Gasteiger partial charge is 0.245 e. The number of anilines is 2. The lowest BCUT2D eigenvalue weighted by atomic mass is 10.1. The lowest BCUT2D eigenvalue weighted by Gasteiger charge is -2.23. The van der Waals surface area contributed by atoms with Gasteiger partial charge in [0.1, 0.15) is 6.54 Å². The lowest BCUT2D eigenvalue weighted by Crippen LogP contribution is -2.37. The Labute approximate surface area is 157 Å². The van der Waals surface area contributed by atoms with Crippen LogP contribution in [0.25, 0.3) is 0 Å². The van der Waals surface area contributed by atoms with Gasteiger partial charge in [-0.05, 0) is 43.7 Å². The van der Waals surface area contributed by atoms with E-state index in [1.54, 1.807) is 12.1 Å². The van der Waals surface area contributed by atoms with Gasteiger partial charge in [-0.3, -0.25) is 9.10 Å². The summed E-state index contributed by atoms with van der Waals surface area (Å²) in [7, 11) is -3.73. The number of carbonyl (C=O) groups excluding carboxylic acids is 1. The number of nitrogens with one attached hydrogen (secondary N) is 1. The van der Waals surface area contributed by atoms with E-state index in [1.165, 1.54) is 12.1 Å². The number of sulfonamides is 1. The minimum Gasteiger partial charge on any atom is -0.324 e. The Balaban J connectivity index is 2.28. The zero-order valence-electron chi connectivity index (χ0n) is 14.0. The van der Waals surface area contributed by atoms with Gasteiger partial charge in [0.25, 0.3) is 0 Å². The molecule has 8 heteroatoms. The van der Waals surface area contributed by atoms with Crippen molar-refractivity contribution in [2.45, 2.75) is 13.8 Å². The van der Waals surface area contributed by atoms with Crippen LogP contribution in [0, 0.1) is 13.8 Å². The normalized spacial score (nSPS) is 11.2. The Morgan fingerprint density at radius 2 is 1.80 bits per heavy atom. The van der Waals surface area contributed by atoms with Crippen molar-refractivity contribution in [1.82, 2.24) is 0 Å². The second kappa shape index (κ2) is 7.64. The van der Waals surface area contributed by atoms with E-state index >= 15 is 0 Å². The van der Waals surface area contributed by atoms with E-state index in [2.05, 4.69) is 5.32 Å². The third kappa shape index (κ3) is 5.11. The minimum atomic E-state index is -3.73. The maximum Gasteiger partial charge on any atom is 0.245 e. The molecular weight excluding hydrogens is 383 g/mol. The van der Waals surface area contributed by atoms with Crippen LogP contribution in [-0.2, 0) is 14.8 Å². The summed E-state index contributed by atoms with van der Waals surface area (Å²) in [5, 5.41) is 3.23. The predicted octanol–water partition coefficient (Wildman–Crippen LogP) is 4.01. The molecule has 2 rings (SSSR count). The van der Waals surface area contributed by atoms with E-state index in [0.29, 0.717) is 10.7 Å². The zero-order valence-corrected chi connectivity index (χ0v) is 16.3. The molecule has 0 atom stereocenters. The van der Waals surface area contributed by atoms with Gasteiger partial charge in [-0.15, -0.1) is 0 Å². The molecule has 1 amide bonds. The van der Waals surface area contributed by atoms with Crippen molar-refractivity contribution < 1.29 is 13.2 Å². The van der Waals surface area contributed by atoms with Crippen molar-refractivity contribution in [3.05, 3.63) is 57.6 Å². The summed E-state index contributed by atoms with van der Waals surface area (Å²) in [6.45, 7) is 3.40. The van der Waals surface area contributed by atoms with Crippen molar-refractivity contribution in [3.63, 3.8) is 0 Å². The molecule has 2 aromatic rings. The van der Waals surface area contributed by atoms with Crippen molar-refractivity contribution in [1.29, 1.82) is 0 Å². The van der Waals surface area contributed by atoms with E-state index in [4.69, 9.17) is 23.2 Å². The molecule has 0 radical (unpaired) electrons.